The van der Waals surface area contributed by atoms with E-state index < -0.39 is 24.0 Å². The highest BCUT2D eigenvalue weighted by Crippen LogP contribution is 2.13. The molecule has 0 aromatic heterocycles. The lowest BCUT2D eigenvalue weighted by Gasteiger charge is -1.93. The molecule has 0 fully saturated rings. The summed E-state index contributed by atoms with van der Waals surface area (Å²) in [5, 5.41) is 15.0. The second-order valence-electron chi connectivity index (χ2n) is 2.30. The molecule has 0 spiro atoms. The number of amides is 2. The van der Waals surface area contributed by atoms with E-state index in [4.69, 9.17) is 20.8 Å². The van der Waals surface area contributed by atoms with Crippen LogP contribution in [0.25, 0.3) is 0 Å². The van der Waals surface area contributed by atoms with Crippen molar-refractivity contribution in [3.8, 4) is 0 Å². The Hall–Kier alpha value is -1.84. The smallest absolute Gasteiger partial charge is 0.475 e. The minimum Gasteiger partial charge on any atom is -0.475 e. The summed E-state index contributed by atoms with van der Waals surface area (Å²) in [5.41, 5.74) is 6.07. The van der Waals surface area contributed by atoms with Crippen molar-refractivity contribution in [1.82, 2.24) is 5.48 Å². The summed E-state index contributed by atoms with van der Waals surface area (Å²) >= 11 is 0. The maximum Gasteiger partial charge on any atom is 0.490 e. The van der Waals surface area contributed by atoms with E-state index in [1.807, 2.05) is 0 Å². The second-order valence-corrected chi connectivity index (χ2v) is 2.30. The Labute approximate surface area is 87.0 Å². The van der Waals surface area contributed by atoms with Crippen molar-refractivity contribution in [2.45, 2.75) is 19.0 Å². The molecule has 94 valence electrons. The van der Waals surface area contributed by atoms with Crippen molar-refractivity contribution >= 4 is 17.8 Å². The molecule has 5 N–H and O–H groups in total. The van der Waals surface area contributed by atoms with Gasteiger partial charge in [0.05, 0.1) is 0 Å². The predicted octanol–water partition coefficient (Wildman–Crippen LogP) is -0.609. The molecule has 0 bridgehead atoms. The molecule has 2 amide bonds. The number of hydroxylamine groups is 1. The maximum absolute atomic E-state index is 10.6. The molecule has 0 unspecified atom stereocenters. The average Bonchev–Trinajstić information content (AvgIpc) is 2.13. The van der Waals surface area contributed by atoms with E-state index >= 15 is 0 Å². The van der Waals surface area contributed by atoms with Crippen LogP contribution in [-0.2, 0) is 14.4 Å². The fraction of sp³-hybridized carbons (Fsp3) is 0.500. The van der Waals surface area contributed by atoms with Crippen LogP contribution in [0.15, 0.2) is 0 Å². The molecule has 10 heteroatoms. The Morgan fingerprint density at radius 3 is 1.75 bits per heavy atom. The van der Waals surface area contributed by atoms with Gasteiger partial charge in [0.1, 0.15) is 0 Å². The van der Waals surface area contributed by atoms with Crippen LogP contribution in [0.5, 0.6) is 0 Å². The van der Waals surface area contributed by atoms with Gasteiger partial charge in [-0.2, -0.15) is 13.2 Å². The molecule has 0 saturated carbocycles. The zero-order valence-electron chi connectivity index (χ0n) is 7.74. The van der Waals surface area contributed by atoms with Gasteiger partial charge in [-0.05, 0) is 0 Å². The van der Waals surface area contributed by atoms with Gasteiger partial charge >= 0.3 is 12.1 Å². The summed E-state index contributed by atoms with van der Waals surface area (Å²) in [6.07, 6.45) is -5.18. The molecule has 0 rings (SSSR count). The Morgan fingerprint density at radius 1 is 1.19 bits per heavy atom. The molecule has 0 aliphatic rings. The highest BCUT2D eigenvalue weighted by Gasteiger charge is 2.38. The number of hydrogen-bond acceptors (Lipinski definition) is 4. The number of carboxylic acids is 1. The SMILES string of the molecule is NC(=O)CCC(=O)NO.O=C(O)C(F)(F)F. The van der Waals surface area contributed by atoms with E-state index in [2.05, 4.69) is 0 Å². The third-order valence-corrected chi connectivity index (χ3v) is 0.966. The summed E-state index contributed by atoms with van der Waals surface area (Å²) in [7, 11) is 0. The van der Waals surface area contributed by atoms with E-state index in [0.717, 1.165) is 0 Å². The number of carbonyl (C=O) groups is 3. The van der Waals surface area contributed by atoms with Crippen LogP contribution in [0.2, 0.25) is 0 Å². The number of carboxylic acid groups (broad SMARTS) is 1. The zero-order chi connectivity index (χ0) is 13.4. The van der Waals surface area contributed by atoms with Gasteiger partial charge < -0.3 is 10.8 Å². The molecule has 0 aromatic carbocycles. The molecular weight excluding hydrogens is 237 g/mol. The molecular formula is C6H9F3N2O5. The summed E-state index contributed by atoms with van der Waals surface area (Å²) in [5.74, 6) is -3.92. The predicted molar refractivity (Wildman–Crippen MR) is 42.0 cm³/mol. The summed E-state index contributed by atoms with van der Waals surface area (Å²) in [6.45, 7) is 0. The van der Waals surface area contributed by atoms with Crippen LogP contribution >= 0.6 is 0 Å². The molecule has 0 aliphatic heterocycles. The lowest BCUT2D eigenvalue weighted by atomic mass is 10.3. The minimum atomic E-state index is -5.08. The van der Waals surface area contributed by atoms with Crippen LogP contribution in [0.1, 0.15) is 12.8 Å². The summed E-state index contributed by atoms with van der Waals surface area (Å²) < 4.78 is 31.7. The Balaban J connectivity index is 0. The van der Waals surface area contributed by atoms with Crippen LogP contribution in [0.3, 0.4) is 0 Å². The quantitative estimate of drug-likeness (QED) is 0.390. The van der Waals surface area contributed by atoms with Gasteiger partial charge in [0.2, 0.25) is 11.8 Å². The van der Waals surface area contributed by atoms with Crippen LogP contribution < -0.4 is 11.2 Å². The van der Waals surface area contributed by atoms with Crippen molar-refractivity contribution in [3.63, 3.8) is 0 Å². The van der Waals surface area contributed by atoms with Crippen LogP contribution in [-0.4, -0.2) is 34.3 Å². The third kappa shape index (κ3) is 12.2. The highest BCUT2D eigenvalue weighted by molar-refractivity contribution is 5.82. The molecule has 0 atom stereocenters. The van der Waals surface area contributed by atoms with Gasteiger partial charge in [0.15, 0.2) is 0 Å². The van der Waals surface area contributed by atoms with E-state index in [-0.39, 0.29) is 12.8 Å². The monoisotopic (exact) mass is 246 g/mol. The number of nitrogens with one attached hydrogen (secondary N) is 1. The zero-order valence-corrected chi connectivity index (χ0v) is 7.74. The molecule has 0 aliphatic carbocycles. The summed E-state index contributed by atoms with van der Waals surface area (Å²) in [6, 6.07) is 0. The first-order valence-electron chi connectivity index (χ1n) is 3.62. The topological polar surface area (TPSA) is 130 Å². The van der Waals surface area contributed by atoms with Crippen molar-refractivity contribution in [2.24, 2.45) is 5.73 Å². The van der Waals surface area contributed by atoms with E-state index in [0.29, 0.717) is 0 Å². The molecule has 0 heterocycles. The largest absolute Gasteiger partial charge is 0.490 e. The Morgan fingerprint density at radius 2 is 1.56 bits per heavy atom. The lowest BCUT2D eigenvalue weighted by molar-refractivity contribution is -0.192. The average molecular weight is 246 g/mol. The van der Waals surface area contributed by atoms with E-state index in [1.54, 1.807) is 0 Å². The second kappa shape index (κ2) is 7.45. The van der Waals surface area contributed by atoms with Gasteiger partial charge in [-0.15, -0.1) is 0 Å². The first-order valence-corrected chi connectivity index (χ1v) is 3.62. The fourth-order valence-corrected chi connectivity index (χ4v) is 0.293. The summed E-state index contributed by atoms with van der Waals surface area (Å²) in [4.78, 5) is 29.0. The molecule has 0 aromatic rings. The third-order valence-electron chi connectivity index (χ3n) is 0.966. The maximum atomic E-state index is 10.6. The van der Waals surface area contributed by atoms with E-state index in [1.165, 1.54) is 5.48 Å². The van der Waals surface area contributed by atoms with Gasteiger partial charge in [0.25, 0.3) is 0 Å². The van der Waals surface area contributed by atoms with Gasteiger partial charge in [-0.25, -0.2) is 10.3 Å². The molecule has 16 heavy (non-hydrogen) atoms. The number of nitrogens with two attached hydrogens (primary N) is 1. The number of aliphatic carboxylic acids is 1. The van der Waals surface area contributed by atoms with Crippen molar-refractivity contribution in [1.29, 1.82) is 0 Å². The number of alkyl halides is 3. The van der Waals surface area contributed by atoms with Gasteiger partial charge in [0, 0.05) is 12.8 Å². The molecule has 7 nitrogen and oxygen atoms in total. The first-order chi connectivity index (χ1) is 7.11. The Kier molecular flexibility index (Phi) is 7.72. The van der Waals surface area contributed by atoms with E-state index in [9.17, 15) is 22.8 Å². The standard InChI is InChI=1S/C4H8N2O3.C2HF3O2/c5-3(7)1-2-4(8)6-9;3-2(4,5)1(6)7/h9H,1-2H2,(H2,5,7)(H,6,8);(H,6,7). The van der Waals surface area contributed by atoms with Crippen LogP contribution in [0, 0.1) is 0 Å². The number of rotatable bonds is 3. The lowest BCUT2D eigenvalue weighted by Crippen LogP contribution is -2.21. The first kappa shape index (κ1) is 16.6. The van der Waals surface area contributed by atoms with Crippen molar-refractivity contribution in [3.05, 3.63) is 0 Å². The number of primary amides is 1. The van der Waals surface area contributed by atoms with Gasteiger partial charge in [-0.3, -0.25) is 14.8 Å². The minimum absolute atomic E-state index is 0.0353. The highest BCUT2D eigenvalue weighted by atomic mass is 19.4. The number of carbonyl (C=O) groups excluding carboxylic acids is 2. The number of hydrogen-bond donors (Lipinski definition) is 4. The van der Waals surface area contributed by atoms with Crippen molar-refractivity contribution < 1.29 is 37.9 Å². The molecule has 0 saturated heterocycles. The fourth-order valence-electron chi connectivity index (χ4n) is 0.293. The normalized spacial score (nSPS) is 9.75. The van der Waals surface area contributed by atoms with Gasteiger partial charge in [-0.1, -0.05) is 0 Å². The van der Waals surface area contributed by atoms with Crippen LogP contribution in [0.4, 0.5) is 13.2 Å². The number of halogens is 3. The molecule has 0 radical (unpaired) electrons. The van der Waals surface area contributed by atoms with Crippen molar-refractivity contribution in [2.75, 3.05) is 0 Å². The Bertz CT molecular complexity index is 265.